The maximum absolute atomic E-state index is 10.9. The van der Waals surface area contributed by atoms with Gasteiger partial charge in [-0.05, 0) is 14.0 Å². The number of carboxylic acids is 1. The average Bonchev–Trinajstić information content (AvgIpc) is 2.58. The van der Waals surface area contributed by atoms with Crippen molar-refractivity contribution in [1.29, 1.82) is 0 Å². The molecule has 0 aromatic carbocycles. The molecule has 2 rings (SSSR count). The second-order valence-electron chi connectivity index (χ2n) is 4.62. The van der Waals surface area contributed by atoms with E-state index in [1.807, 2.05) is 19.5 Å². The van der Waals surface area contributed by atoms with E-state index in [2.05, 4.69) is 15.2 Å². The van der Waals surface area contributed by atoms with Crippen LogP contribution >= 0.6 is 11.3 Å². The van der Waals surface area contributed by atoms with Gasteiger partial charge in [-0.25, -0.2) is 4.98 Å². The molecule has 0 unspecified atom stereocenters. The number of nitrogens with zero attached hydrogens (tertiary/aromatic N) is 2. The third kappa shape index (κ3) is 2.48. The van der Waals surface area contributed by atoms with Gasteiger partial charge >= 0.3 is 5.97 Å². The maximum atomic E-state index is 10.9. The molecule has 1 aliphatic heterocycles. The highest BCUT2D eigenvalue weighted by atomic mass is 32.1. The number of carboxylic acid groups (broad SMARTS) is 1. The van der Waals surface area contributed by atoms with Crippen molar-refractivity contribution in [2.24, 2.45) is 0 Å². The Morgan fingerprint density at radius 3 is 2.82 bits per heavy atom. The first-order valence-electron chi connectivity index (χ1n) is 5.56. The van der Waals surface area contributed by atoms with Crippen molar-refractivity contribution in [3.05, 3.63) is 16.1 Å². The number of thiazole rings is 1. The molecule has 0 atom stereocenters. The Balaban J connectivity index is 2.05. The second-order valence-corrected chi connectivity index (χ2v) is 5.55. The predicted molar refractivity (Wildman–Crippen MR) is 66.2 cm³/mol. The highest BCUT2D eigenvalue weighted by molar-refractivity contribution is 7.09. The molecule has 0 saturated carbocycles. The third-order valence-corrected chi connectivity index (χ3v) is 4.34. The minimum atomic E-state index is -0.737. The van der Waals surface area contributed by atoms with Gasteiger partial charge in [-0.1, -0.05) is 0 Å². The minimum Gasteiger partial charge on any atom is -0.481 e. The Morgan fingerprint density at radius 2 is 2.41 bits per heavy atom. The molecule has 5 nitrogen and oxygen atoms in total. The summed E-state index contributed by atoms with van der Waals surface area (Å²) in [6, 6.07) is 0. The van der Waals surface area contributed by atoms with Crippen molar-refractivity contribution in [3.8, 4) is 0 Å². The van der Waals surface area contributed by atoms with E-state index >= 15 is 0 Å². The molecule has 1 aromatic rings. The van der Waals surface area contributed by atoms with E-state index < -0.39 is 5.97 Å². The number of aromatic nitrogens is 1. The van der Waals surface area contributed by atoms with Gasteiger partial charge in [0.2, 0.25) is 0 Å². The van der Waals surface area contributed by atoms with E-state index in [1.165, 1.54) is 4.88 Å². The highest BCUT2D eigenvalue weighted by Gasteiger charge is 2.42. The number of rotatable bonds is 5. The van der Waals surface area contributed by atoms with Crippen LogP contribution in [0.1, 0.15) is 17.0 Å². The lowest BCUT2D eigenvalue weighted by atomic mass is 9.86. The van der Waals surface area contributed by atoms with Crippen LogP contribution in [0.4, 0.5) is 0 Å². The fraction of sp³-hybridized carbons (Fsp3) is 0.636. The number of likely N-dealkylation sites (N-methyl/N-ethyl adjacent to an activating group) is 1. The van der Waals surface area contributed by atoms with Crippen LogP contribution in [0.2, 0.25) is 0 Å². The van der Waals surface area contributed by atoms with Crippen molar-refractivity contribution in [3.63, 3.8) is 0 Å². The summed E-state index contributed by atoms with van der Waals surface area (Å²) in [7, 11) is 1.99. The fourth-order valence-electron chi connectivity index (χ4n) is 2.09. The van der Waals surface area contributed by atoms with E-state index in [0.29, 0.717) is 0 Å². The zero-order valence-electron chi connectivity index (χ0n) is 10.1. The van der Waals surface area contributed by atoms with Crippen molar-refractivity contribution in [2.45, 2.75) is 25.4 Å². The van der Waals surface area contributed by atoms with Gasteiger partial charge in [0.15, 0.2) is 0 Å². The molecule has 6 heteroatoms. The summed E-state index contributed by atoms with van der Waals surface area (Å²) in [6.45, 7) is 4.25. The molecule has 2 heterocycles. The van der Waals surface area contributed by atoms with Crippen molar-refractivity contribution < 1.29 is 9.90 Å². The number of carbonyl (C=O) groups is 1. The average molecular weight is 255 g/mol. The van der Waals surface area contributed by atoms with E-state index in [9.17, 15) is 4.79 Å². The molecule has 1 aliphatic rings. The van der Waals surface area contributed by atoms with Crippen LogP contribution in [-0.2, 0) is 11.3 Å². The van der Waals surface area contributed by atoms with Gasteiger partial charge in [0.25, 0.3) is 0 Å². The van der Waals surface area contributed by atoms with E-state index in [1.54, 1.807) is 11.3 Å². The lowest BCUT2D eigenvalue weighted by molar-refractivity contribution is -0.141. The smallest absolute Gasteiger partial charge is 0.305 e. The maximum Gasteiger partial charge on any atom is 0.305 e. The lowest BCUT2D eigenvalue weighted by Crippen LogP contribution is -2.68. The number of hydrogen-bond acceptors (Lipinski definition) is 5. The first-order valence-corrected chi connectivity index (χ1v) is 6.44. The summed E-state index contributed by atoms with van der Waals surface area (Å²) in [5, 5.41) is 12.1. The molecule has 94 valence electrons. The van der Waals surface area contributed by atoms with Gasteiger partial charge in [-0.3, -0.25) is 9.69 Å². The largest absolute Gasteiger partial charge is 0.481 e. The van der Waals surface area contributed by atoms with Gasteiger partial charge in [0.05, 0.1) is 23.2 Å². The molecule has 17 heavy (non-hydrogen) atoms. The molecule has 0 amide bonds. The van der Waals surface area contributed by atoms with Gasteiger partial charge in [-0.15, -0.1) is 11.3 Å². The van der Waals surface area contributed by atoms with Gasteiger partial charge < -0.3 is 10.4 Å². The van der Waals surface area contributed by atoms with Crippen LogP contribution in [0.5, 0.6) is 0 Å². The molecule has 1 fully saturated rings. The van der Waals surface area contributed by atoms with Crippen LogP contribution in [-0.4, -0.2) is 46.6 Å². The predicted octanol–water partition coefficient (Wildman–Crippen LogP) is 0.700. The van der Waals surface area contributed by atoms with Crippen LogP contribution < -0.4 is 5.32 Å². The number of aryl methyl sites for hydroxylation is 1. The molecule has 0 spiro atoms. The number of aliphatic carboxylic acids is 1. The van der Waals surface area contributed by atoms with Crippen LogP contribution in [0.15, 0.2) is 5.51 Å². The second kappa shape index (κ2) is 4.72. The molecule has 1 saturated heterocycles. The van der Waals surface area contributed by atoms with Crippen LogP contribution in [0, 0.1) is 6.92 Å². The SMILES string of the molecule is Cc1ncsc1CN(C)C1(CC(=O)O)CNC1. The summed E-state index contributed by atoms with van der Waals surface area (Å²) < 4.78 is 0. The van der Waals surface area contributed by atoms with Crippen LogP contribution in [0.3, 0.4) is 0 Å². The quantitative estimate of drug-likeness (QED) is 0.811. The van der Waals surface area contributed by atoms with E-state index in [4.69, 9.17) is 5.11 Å². The van der Waals surface area contributed by atoms with E-state index in [0.717, 1.165) is 25.3 Å². The van der Waals surface area contributed by atoms with Crippen molar-refractivity contribution >= 4 is 17.3 Å². The molecule has 0 aliphatic carbocycles. The van der Waals surface area contributed by atoms with Crippen LogP contribution in [0.25, 0.3) is 0 Å². The molecular formula is C11H17N3O2S. The Morgan fingerprint density at radius 1 is 1.71 bits per heavy atom. The third-order valence-electron chi connectivity index (χ3n) is 3.42. The highest BCUT2D eigenvalue weighted by Crippen LogP contribution is 2.26. The topological polar surface area (TPSA) is 65.5 Å². The molecule has 2 N–H and O–H groups in total. The lowest BCUT2D eigenvalue weighted by Gasteiger charge is -2.48. The minimum absolute atomic E-state index is 0.189. The Labute approximate surface area is 104 Å². The molecule has 0 bridgehead atoms. The zero-order valence-corrected chi connectivity index (χ0v) is 10.9. The van der Waals surface area contributed by atoms with Gasteiger partial charge in [-0.2, -0.15) is 0 Å². The standard InChI is InChI=1S/C11H17N3O2S/c1-8-9(17-7-13-8)4-14(2)11(3-10(15)16)5-12-6-11/h7,12H,3-6H2,1-2H3,(H,15,16). The summed E-state index contributed by atoms with van der Waals surface area (Å²) in [4.78, 5) is 18.5. The molecule has 1 aromatic heterocycles. The summed E-state index contributed by atoms with van der Waals surface area (Å²) in [6.07, 6.45) is 0.189. The fourth-order valence-corrected chi connectivity index (χ4v) is 2.92. The summed E-state index contributed by atoms with van der Waals surface area (Å²) in [5.74, 6) is -0.737. The summed E-state index contributed by atoms with van der Waals surface area (Å²) >= 11 is 1.63. The van der Waals surface area contributed by atoms with Gasteiger partial charge in [0, 0.05) is 24.5 Å². The first-order chi connectivity index (χ1) is 8.03. The molecular weight excluding hydrogens is 238 g/mol. The number of nitrogens with one attached hydrogen (secondary N) is 1. The number of hydrogen-bond donors (Lipinski definition) is 2. The monoisotopic (exact) mass is 255 g/mol. The van der Waals surface area contributed by atoms with Crippen molar-refractivity contribution in [2.75, 3.05) is 20.1 Å². The van der Waals surface area contributed by atoms with Crippen molar-refractivity contribution in [1.82, 2.24) is 15.2 Å². The van der Waals surface area contributed by atoms with E-state index in [-0.39, 0.29) is 12.0 Å². The Bertz CT molecular complexity index is 415. The Kier molecular flexibility index (Phi) is 3.46. The zero-order chi connectivity index (χ0) is 12.5. The normalized spacial score (nSPS) is 18.1. The van der Waals surface area contributed by atoms with Gasteiger partial charge in [0.1, 0.15) is 0 Å². The Hall–Kier alpha value is -0.980. The first kappa shape index (κ1) is 12.5. The molecule has 0 radical (unpaired) electrons. The summed E-state index contributed by atoms with van der Waals surface area (Å²) in [5.41, 5.74) is 2.64.